The minimum atomic E-state index is 0.578. The Labute approximate surface area is 322 Å². The number of aromatic nitrogens is 3. The summed E-state index contributed by atoms with van der Waals surface area (Å²) in [7, 11) is 0. The van der Waals surface area contributed by atoms with Crippen molar-refractivity contribution >= 4 is 71.1 Å². The lowest BCUT2D eigenvalue weighted by Gasteiger charge is -2.15. The van der Waals surface area contributed by atoms with Gasteiger partial charge < -0.3 is 13.7 Å². The molecule has 0 saturated carbocycles. The van der Waals surface area contributed by atoms with Crippen molar-refractivity contribution < 1.29 is 0 Å². The molecule has 0 saturated heterocycles. The Bertz CT molecular complexity index is 3420. The highest BCUT2D eigenvalue weighted by Gasteiger charge is 2.23. The number of para-hydroxylation sites is 5. The summed E-state index contributed by atoms with van der Waals surface area (Å²) in [5.41, 5.74) is 13.5. The molecule has 0 aliphatic rings. The summed E-state index contributed by atoms with van der Waals surface area (Å²) in [5, 5.41) is 17.4. The van der Waals surface area contributed by atoms with Crippen LogP contribution >= 0.6 is 0 Å². The Kier molecular flexibility index (Phi) is 6.83. The first-order valence-corrected chi connectivity index (χ1v) is 18.7. The normalized spacial score (nSPS) is 11.6. The molecule has 260 valence electrons. The van der Waals surface area contributed by atoms with E-state index in [0.29, 0.717) is 11.3 Å². The summed E-state index contributed by atoms with van der Waals surface area (Å²) in [6.07, 6.45) is 0. The molecule has 11 rings (SSSR count). The van der Waals surface area contributed by atoms with Gasteiger partial charge in [-0.25, -0.2) is 4.85 Å². The van der Waals surface area contributed by atoms with E-state index in [-0.39, 0.29) is 0 Å². The van der Waals surface area contributed by atoms with Crippen LogP contribution in [0.25, 0.3) is 98.5 Å². The van der Waals surface area contributed by atoms with Crippen LogP contribution in [-0.4, -0.2) is 13.7 Å². The molecule has 0 fully saturated rings. The van der Waals surface area contributed by atoms with E-state index in [0.717, 1.165) is 77.4 Å². The fourth-order valence-corrected chi connectivity index (χ4v) is 9.06. The minimum absolute atomic E-state index is 0.578. The monoisotopic (exact) mass is 713 g/mol. The molecule has 5 heteroatoms. The molecule has 3 aromatic heterocycles. The van der Waals surface area contributed by atoms with Crippen LogP contribution in [0.4, 0.5) is 5.69 Å². The van der Waals surface area contributed by atoms with Gasteiger partial charge in [-0.2, -0.15) is 5.26 Å². The predicted octanol–water partition coefficient (Wildman–Crippen LogP) is 13.4. The Hall–Kier alpha value is -7.86. The third kappa shape index (κ3) is 4.40. The molecule has 0 aliphatic carbocycles. The second kappa shape index (κ2) is 12.1. The predicted molar refractivity (Wildman–Crippen MR) is 231 cm³/mol. The highest BCUT2D eigenvalue weighted by molar-refractivity contribution is 6.17. The Balaban J connectivity index is 1.10. The first-order chi connectivity index (χ1) is 27.6. The molecule has 0 bridgehead atoms. The summed E-state index contributed by atoms with van der Waals surface area (Å²) in [5.74, 6) is 0. The fourth-order valence-electron chi connectivity index (χ4n) is 9.06. The van der Waals surface area contributed by atoms with Crippen LogP contribution in [0.1, 0.15) is 11.1 Å². The molecule has 0 aliphatic heterocycles. The molecule has 0 spiro atoms. The first kappa shape index (κ1) is 31.6. The number of benzene rings is 8. The third-order valence-electron chi connectivity index (χ3n) is 11.4. The van der Waals surface area contributed by atoms with Gasteiger partial charge in [-0.05, 0) is 84.3 Å². The SMILES string of the molecule is [C-]#[N+]c1cc(-n2c3ccccc3c3c(-n4c5ccccc5c5ccccc54)c(C#N)ccc32)ccc1-c1ccc(-n2c3ccccc3c3ccccc32)c(C)c1. The average Bonchev–Trinajstić information content (AvgIpc) is 3.89. The largest absolute Gasteiger partial charge is 0.310 e. The third-order valence-corrected chi connectivity index (χ3v) is 11.4. The molecule has 8 aromatic carbocycles. The smallest absolute Gasteiger partial charge is 0.196 e. The van der Waals surface area contributed by atoms with Crippen LogP contribution in [0.15, 0.2) is 170 Å². The molecule has 3 heterocycles. The molecular weight excluding hydrogens is 683 g/mol. The van der Waals surface area contributed by atoms with Crippen LogP contribution in [0.3, 0.4) is 0 Å². The van der Waals surface area contributed by atoms with Crippen LogP contribution < -0.4 is 0 Å². The standard InChI is InChI=1S/C51H31N5/c1-32-29-33(23-27-43(32)55-44-18-8-3-13-37(44)38-14-4-9-19-45(38)55)36-26-25-35(30-42(36)53-2)54-48-22-12-7-17-41(48)50-49(54)28-24-34(31-52)51(50)56-46-20-10-5-15-39(46)40-16-6-11-21-47(40)56/h3-30H,1H3. The fraction of sp³-hybridized carbons (Fsp3) is 0.0196. The van der Waals surface area contributed by atoms with E-state index in [1.807, 2.05) is 18.2 Å². The molecule has 0 N–H and O–H groups in total. The molecule has 0 amide bonds. The van der Waals surface area contributed by atoms with Crippen molar-refractivity contribution in [2.24, 2.45) is 0 Å². The number of nitrogens with zero attached hydrogens (tertiary/aromatic N) is 5. The lowest BCUT2D eigenvalue weighted by atomic mass is 10.00. The van der Waals surface area contributed by atoms with Crippen LogP contribution in [0.2, 0.25) is 0 Å². The van der Waals surface area contributed by atoms with Crippen LogP contribution in [0.5, 0.6) is 0 Å². The van der Waals surface area contributed by atoms with E-state index in [2.05, 4.69) is 183 Å². The van der Waals surface area contributed by atoms with Crippen molar-refractivity contribution in [1.82, 2.24) is 13.7 Å². The second-order valence-electron chi connectivity index (χ2n) is 14.4. The molecular formula is C51H31N5. The van der Waals surface area contributed by atoms with Crippen molar-refractivity contribution in [2.75, 3.05) is 0 Å². The van der Waals surface area contributed by atoms with E-state index < -0.39 is 0 Å². The molecule has 5 nitrogen and oxygen atoms in total. The Morgan fingerprint density at radius 1 is 0.500 bits per heavy atom. The second-order valence-corrected chi connectivity index (χ2v) is 14.4. The van der Waals surface area contributed by atoms with Gasteiger partial charge in [-0.3, -0.25) is 0 Å². The van der Waals surface area contributed by atoms with Crippen molar-refractivity contribution in [3.8, 4) is 34.3 Å². The highest BCUT2D eigenvalue weighted by atomic mass is 15.0. The first-order valence-electron chi connectivity index (χ1n) is 18.7. The number of nitriles is 1. The average molecular weight is 714 g/mol. The molecule has 0 radical (unpaired) electrons. The maximum atomic E-state index is 10.6. The van der Waals surface area contributed by atoms with E-state index in [4.69, 9.17) is 6.57 Å². The summed E-state index contributed by atoms with van der Waals surface area (Å²) in [6, 6.07) is 61.5. The Morgan fingerprint density at radius 3 is 1.55 bits per heavy atom. The number of hydrogen-bond acceptors (Lipinski definition) is 1. The van der Waals surface area contributed by atoms with Crippen molar-refractivity contribution in [1.29, 1.82) is 5.26 Å². The number of hydrogen-bond donors (Lipinski definition) is 0. The van der Waals surface area contributed by atoms with E-state index in [9.17, 15) is 5.26 Å². The maximum Gasteiger partial charge on any atom is 0.196 e. The van der Waals surface area contributed by atoms with Gasteiger partial charge in [0.1, 0.15) is 6.07 Å². The number of aryl methyl sites for hydroxylation is 1. The van der Waals surface area contributed by atoms with E-state index in [1.54, 1.807) is 0 Å². The van der Waals surface area contributed by atoms with Gasteiger partial charge in [0.05, 0.1) is 50.9 Å². The zero-order chi connectivity index (χ0) is 37.5. The lowest BCUT2D eigenvalue weighted by Crippen LogP contribution is -2.00. The van der Waals surface area contributed by atoms with Gasteiger partial charge in [0.15, 0.2) is 5.69 Å². The topological polar surface area (TPSA) is 42.9 Å². The zero-order valence-corrected chi connectivity index (χ0v) is 30.4. The van der Waals surface area contributed by atoms with Gasteiger partial charge >= 0.3 is 0 Å². The van der Waals surface area contributed by atoms with Gasteiger partial charge in [0.2, 0.25) is 0 Å². The summed E-state index contributed by atoms with van der Waals surface area (Å²) >= 11 is 0. The van der Waals surface area contributed by atoms with Crippen LogP contribution in [-0.2, 0) is 0 Å². The van der Waals surface area contributed by atoms with Gasteiger partial charge in [0.25, 0.3) is 0 Å². The van der Waals surface area contributed by atoms with Gasteiger partial charge in [0, 0.05) is 43.7 Å². The maximum absolute atomic E-state index is 10.6. The molecule has 0 unspecified atom stereocenters. The summed E-state index contributed by atoms with van der Waals surface area (Å²) in [6.45, 7) is 10.5. The van der Waals surface area contributed by atoms with E-state index >= 15 is 0 Å². The molecule has 0 atom stereocenters. The zero-order valence-electron chi connectivity index (χ0n) is 30.4. The van der Waals surface area contributed by atoms with E-state index in [1.165, 1.54) is 21.8 Å². The highest BCUT2D eigenvalue weighted by Crippen LogP contribution is 2.43. The minimum Gasteiger partial charge on any atom is -0.310 e. The van der Waals surface area contributed by atoms with Crippen LogP contribution in [0, 0.1) is 24.8 Å². The summed E-state index contributed by atoms with van der Waals surface area (Å²) in [4.78, 5) is 4.10. The van der Waals surface area contributed by atoms with Crippen molar-refractivity contribution in [3.63, 3.8) is 0 Å². The van der Waals surface area contributed by atoms with Gasteiger partial charge in [-0.15, -0.1) is 0 Å². The van der Waals surface area contributed by atoms with Crippen molar-refractivity contribution in [2.45, 2.75) is 6.92 Å². The number of fused-ring (bicyclic) bond motifs is 9. The Morgan fingerprint density at radius 2 is 1.02 bits per heavy atom. The lowest BCUT2D eigenvalue weighted by molar-refractivity contribution is 1.15. The van der Waals surface area contributed by atoms with Crippen molar-refractivity contribution in [3.05, 3.63) is 192 Å². The molecule has 11 aromatic rings. The quantitative estimate of drug-likeness (QED) is 0.167. The number of rotatable bonds is 4. The van der Waals surface area contributed by atoms with Gasteiger partial charge in [-0.1, -0.05) is 109 Å². The molecule has 56 heavy (non-hydrogen) atoms. The summed E-state index contributed by atoms with van der Waals surface area (Å²) < 4.78 is 6.83.